The minimum atomic E-state index is -0.149. The average molecular weight is 273 g/mol. The van der Waals surface area contributed by atoms with Gasteiger partial charge in [-0.1, -0.05) is 31.9 Å². The maximum atomic E-state index is 11.4. The van der Waals surface area contributed by atoms with Crippen LogP contribution >= 0.6 is 0 Å². The van der Waals surface area contributed by atoms with Gasteiger partial charge in [0.05, 0.1) is 0 Å². The van der Waals surface area contributed by atoms with Crippen LogP contribution in [0.3, 0.4) is 0 Å². The summed E-state index contributed by atoms with van der Waals surface area (Å²) in [6, 6.07) is 0. The van der Waals surface area contributed by atoms with Crippen molar-refractivity contribution in [3.05, 3.63) is 24.3 Å². The quantitative estimate of drug-likeness (QED) is 0.424. The fourth-order valence-corrected chi connectivity index (χ4v) is 4.36. The molecule has 2 bridgehead atoms. The number of hydrogen-bond acceptors (Lipinski definition) is 2. The molecule has 2 amide bonds. The van der Waals surface area contributed by atoms with Gasteiger partial charge < -0.3 is 0 Å². The van der Waals surface area contributed by atoms with Gasteiger partial charge in [0.15, 0.2) is 0 Å². The van der Waals surface area contributed by atoms with Gasteiger partial charge in [-0.15, -0.1) is 0 Å². The summed E-state index contributed by atoms with van der Waals surface area (Å²) in [5.41, 5.74) is 0. The summed E-state index contributed by atoms with van der Waals surface area (Å²) in [6.07, 6.45) is 13.5. The average Bonchev–Trinajstić information content (AvgIpc) is 3.12. The van der Waals surface area contributed by atoms with Crippen molar-refractivity contribution in [3.8, 4) is 0 Å². The zero-order valence-electron chi connectivity index (χ0n) is 12.1. The summed E-state index contributed by atoms with van der Waals surface area (Å²) < 4.78 is 0. The normalized spacial score (nSPS) is 34.8. The van der Waals surface area contributed by atoms with Crippen molar-refractivity contribution in [2.24, 2.45) is 23.7 Å². The molecule has 0 spiro atoms. The number of fused-ring (bicyclic) bond motifs is 2. The smallest absolute Gasteiger partial charge is 0.253 e. The van der Waals surface area contributed by atoms with Gasteiger partial charge in [0.25, 0.3) is 11.8 Å². The predicted octanol–water partition coefficient (Wildman–Crippen LogP) is 2.93. The first-order valence-corrected chi connectivity index (χ1v) is 7.92. The highest BCUT2D eigenvalue weighted by molar-refractivity contribution is 6.12. The number of amides is 2. The molecule has 1 saturated carbocycles. The van der Waals surface area contributed by atoms with E-state index in [-0.39, 0.29) is 11.8 Å². The molecule has 4 unspecified atom stereocenters. The lowest BCUT2D eigenvalue weighted by Crippen LogP contribution is -2.31. The van der Waals surface area contributed by atoms with Crippen molar-refractivity contribution in [1.82, 2.24) is 4.90 Å². The van der Waals surface area contributed by atoms with Crippen LogP contribution in [0.2, 0.25) is 0 Å². The number of unbranched alkanes of at least 4 members (excludes halogenated alkanes) is 1. The standard InChI is InChI=1S/C17H23NO2/c1-2-14-12-6-7-13(11-12)15(14)5-3-4-10-18-16(19)8-9-17(18)20/h6-9,12-15H,2-5,10-11H2,1H3. The summed E-state index contributed by atoms with van der Waals surface area (Å²) in [6.45, 7) is 2.89. The first-order chi connectivity index (χ1) is 9.70. The number of carbonyl (C=O) groups is 2. The van der Waals surface area contributed by atoms with E-state index in [9.17, 15) is 9.59 Å². The molecule has 0 N–H and O–H groups in total. The van der Waals surface area contributed by atoms with Crippen LogP contribution in [0.25, 0.3) is 0 Å². The Kier molecular flexibility index (Phi) is 3.77. The molecule has 2 aliphatic carbocycles. The van der Waals surface area contributed by atoms with Crippen molar-refractivity contribution in [2.75, 3.05) is 6.54 Å². The number of rotatable bonds is 6. The second kappa shape index (κ2) is 5.55. The highest BCUT2D eigenvalue weighted by Gasteiger charge is 2.42. The molecular weight excluding hydrogens is 250 g/mol. The molecule has 3 rings (SSSR count). The Bertz CT molecular complexity index is 448. The largest absolute Gasteiger partial charge is 0.275 e. The molecule has 3 aliphatic rings. The van der Waals surface area contributed by atoms with Crippen molar-refractivity contribution >= 4 is 11.8 Å². The first-order valence-electron chi connectivity index (χ1n) is 7.92. The molecule has 1 heterocycles. The zero-order valence-corrected chi connectivity index (χ0v) is 12.1. The van der Waals surface area contributed by atoms with Crippen LogP contribution in [0.1, 0.15) is 39.0 Å². The van der Waals surface area contributed by atoms with E-state index in [2.05, 4.69) is 19.1 Å². The fraction of sp³-hybridized carbons (Fsp3) is 0.647. The van der Waals surface area contributed by atoms with Crippen LogP contribution in [0.15, 0.2) is 24.3 Å². The van der Waals surface area contributed by atoms with Crippen LogP contribution < -0.4 is 0 Å². The fourth-order valence-electron chi connectivity index (χ4n) is 4.36. The van der Waals surface area contributed by atoms with Crippen LogP contribution in [-0.4, -0.2) is 23.3 Å². The summed E-state index contributed by atoms with van der Waals surface area (Å²) >= 11 is 0. The predicted molar refractivity (Wildman–Crippen MR) is 77.7 cm³/mol. The van der Waals surface area contributed by atoms with E-state index < -0.39 is 0 Å². The molecule has 20 heavy (non-hydrogen) atoms. The van der Waals surface area contributed by atoms with E-state index in [1.807, 2.05) is 0 Å². The topological polar surface area (TPSA) is 37.4 Å². The highest BCUT2D eigenvalue weighted by Crippen LogP contribution is 2.51. The van der Waals surface area contributed by atoms with Crippen molar-refractivity contribution in [3.63, 3.8) is 0 Å². The Morgan fingerprint density at radius 3 is 2.35 bits per heavy atom. The maximum absolute atomic E-state index is 11.4. The van der Waals surface area contributed by atoms with Crippen LogP contribution in [0.5, 0.6) is 0 Å². The third-order valence-electron chi connectivity index (χ3n) is 5.34. The van der Waals surface area contributed by atoms with E-state index >= 15 is 0 Å². The van der Waals surface area contributed by atoms with E-state index in [1.165, 1.54) is 36.3 Å². The lowest BCUT2D eigenvalue weighted by atomic mass is 9.78. The number of nitrogens with zero attached hydrogens (tertiary/aromatic N) is 1. The SMILES string of the molecule is CCC1C2C=CC(C2)C1CCCCN1C(=O)C=CC1=O. The summed E-state index contributed by atoms with van der Waals surface area (Å²) in [5, 5.41) is 0. The maximum Gasteiger partial charge on any atom is 0.253 e. The molecule has 4 atom stereocenters. The van der Waals surface area contributed by atoms with Crippen LogP contribution in [-0.2, 0) is 9.59 Å². The van der Waals surface area contributed by atoms with Gasteiger partial charge in [0.2, 0.25) is 0 Å². The van der Waals surface area contributed by atoms with Gasteiger partial charge in [-0.05, 0) is 42.9 Å². The number of hydrogen-bond donors (Lipinski definition) is 0. The molecule has 0 radical (unpaired) electrons. The molecule has 0 aromatic heterocycles. The monoisotopic (exact) mass is 273 g/mol. The van der Waals surface area contributed by atoms with Gasteiger partial charge in [-0.25, -0.2) is 0 Å². The van der Waals surface area contributed by atoms with Crippen LogP contribution in [0, 0.1) is 23.7 Å². The Morgan fingerprint density at radius 2 is 1.70 bits per heavy atom. The van der Waals surface area contributed by atoms with E-state index in [0.717, 1.165) is 36.5 Å². The second-order valence-corrected chi connectivity index (χ2v) is 6.34. The summed E-state index contributed by atoms with van der Waals surface area (Å²) in [4.78, 5) is 24.3. The third kappa shape index (κ3) is 2.34. The highest BCUT2D eigenvalue weighted by atomic mass is 16.2. The first kappa shape index (κ1) is 13.6. The van der Waals surface area contributed by atoms with E-state index in [0.29, 0.717) is 6.54 Å². The van der Waals surface area contributed by atoms with Gasteiger partial charge in [-0.3, -0.25) is 14.5 Å². The van der Waals surface area contributed by atoms with Crippen molar-refractivity contribution in [1.29, 1.82) is 0 Å². The molecule has 0 aromatic rings. The van der Waals surface area contributed by atoms with E-state index in [1.54, 1.807) is 0 Å². The van der Waals surface area contributed by atoms with Gasteiger partial charge in [0.1, 0.15) is 0 Å². The third-order valence-corrected chi connectivity index (χ3v) is 5.34. The zero-order chi connectivity index (χ0) is 14.1. The number of imide groups is 1. The molecular formula is C17H23NO2. The molecule has 1 fully saturated rings. The van der Waals surface area contributed by atoms with Crippen molar-refractivity contribution < 1.29 is 9.59 Å². The summed E-state index contributed by atoms with van der Waals surface area (Å²) in [5.74, 6) is 3.01. The van der Waals surface area contributed by atoms with Gasteiger partial charge >= 0.3 is 0 Å². The Hall–Kier alpha value is -1.38. The Balaban J connectivity index is 1.43. The Labute approximate surface area is 120 Å². The molecule has 0 saturated heterocycles. The van der Waals surface area contributed by atoms with Gasteiger partial charge in [-0.2, -0.15) is 0 Å². The van der Waals surface area contributed by atoms with Crippen LogP contribution in [0.4, 0.5) is 0 Å². The molecule has 0 aromatic carbocycles. The number of carbonyl (C=O) groups excluding carboxylic acids is 2. The molecule has 3 heteroatoms. The molecule has 1 aliphatic heterocycles. The lowest BCUT2D eigenvalue weighted by molar-refractivity contribution is -0.136. The van der Waals surface area contributed by atoms with Crippen molar-refractivity contribution in [2.45, 2.75) is 39.0 Å². The minimum absolute atomic E-state index is 0.149. The number of allylic oxidation sites excluding steroid dienone is 2. The second-order valence-electron chi connectivity index (χ2n) is 6.34. The Morgan fingerprint density at radius 1 is 1.05 bits per heavy atom. The molecule has 3 nitrogen and oxygen atoms in total. The lowest BCUT2D eigenvalue weighted by Gasteiger charge is -2.27. The summed E-state index contributed by atoms with van der Waals surface area (Å²) in [7, 11) is 0. The minimum Gasteiger partial charge on any atom is -0.275 e. The van der Waals surface area contributed by atoms with Gasteiger partial charge in [0, 0.05) is 18.7 Å². The molecule has 108 valence electrons. The van der Waals surface area contributed by atoms with E-state index in [4.69, 9.17) is 0 Å².